The third kappa shape index (κ3) is 2.13. The fraction of sp³-hybridized carbons (Fsp3) is 0.158. The maximum Gasteiger partial charge on any atom is 0.341 e. The van der Waals surface area contributed by atoms with E-state index in [1.807, 2.05) is 24.3 Å². The van der Waals surface area contributed by atoms with E-state index in [0.717, 1.165) is 12.2 Å². The molecule has 0 amide bonds. The second-order valence-corrected chi connectivity index (χ2v) is 6.05. The molecule has 1 unspecified atom stereocenters. The minimum atomic E-state index is -1.21. The van der Waals surface area contributed by atoms with Crippen LogP contribution in [0.1, 0.15) is 34.5 Å². The Kier molecular flexibility index (Phi) is 3.25. The van der Waals surface area contributed by atoms with Crippen molar-refractivity contribution in [1.82, 2.24) is 9.88 Å². The van der Waals surface area contributed by atoms with Crippen molar-refractivity contribution in [1.29, 1.82) is 0 Å². The van der Waals surface area contributed by atoms with Gasteiger partial charge in [0.15, 0.2) is 0 Å². The minimum absolute atomic E-state index is 0.222. The smallest absolute Gasteiger partial charge is 0.341 e. The summed E-state index contributed by atoms with van der Waals surface area (Å²) in [4.78, 5) is 23.8. The van der Waals surface area contributed by atoms with Gasteiger partial charge in [-0.1, -0.05) is 18.2 Å². The van der Waals surface area contributed by atoms with Crippen LogP contribution in [0.15, 0.2) is 53.5 Å². The molecule has 5 heteroatoms. The van der Waals surface area contributed by atoms with Crippen molar-refractivity contribution in [2.45, 2.75) is 19.5 Å². The molecule has 24 heavy (non-hydrogen) atoms. The van der Waals surface area contributed by atoms with Crippen molar-refractivity contribution in [2.75, 3.05) is 0 Å². The first kappa shape index (κ1) is 14.7. The molecular weight excluding hydrogens is 304 g/mol. The standard InChI is InChI=1S/C19H16N2O3/c1-11-14-7-6-13(8-12(14)9-20-11)21-10-16(19(23)24)18(22)15-4-2-3-5-17(15)21/h2-8,10-11,20H,9H2,1H3,(H,23,24). The Balaban J connectivity index is 2.02. The molecule has 4 rings (SSSR count). The monoisotopic (exact) mass is 320 g/mol. The first-order valence-electron chi connectivity index (χ1n) is 7.80. The molecule has 2 heterocycles. The number of fused-ring (bicyclic) bond motifs is 2. The summed E-state index contributed by atoms with van der Waals surface area (Å²) in [5, 5.41) is 13.2. The fourth-order valence-electron chi connectivity index (χ4n) is 3.33. The molecule has 0 saturated heterocycles. The molecule has 0 saturated carbocycles. The van der Waals surface area contributed by atoms with E-state index >= 15 is 0 Å². The number of pyridine rings is 1. The average Bonchev–Trinajstić information content (AvgIpc) is 2.96. The summed E-state index contributed by atoms with van der Waals surface area (Å²) in [6.07, 6.45) is 1.42. The van der Waals surface area contributed by atoms with E-state index in [4.69, 9.17) is 0 Å². The summed E-state index contributed by atoms with van der Waals surface area (Å²) in [5.41, 5.74) is 3.32. The molecule has 120 valence electrons. The third-order valence-corrected chi connectivity index (χ3v) is 4.61. The lowest BCUT2D eigenvalue weighted by atomic mass is 10.0. The number of carbonyl (C=O) groups is 1. The summed E-state index contributed by atoms with van der Waals surface area (Å²) in [6.45, 7) is 2.90. The summed E-state index contributed by atoms with van der Waals surface area (Å²) in [5.74, 6) is -1.21. The lowest BCUT2D eigenvalue weighted by molar-refractivity contribution is 0.0695. The number of rotatable bonds is 2. The van der Waals surface area contributed by atoms with Crippen molar-refractivity contribution in [3.8, 4) is 5.69 Å². The molecule has 1 aromatic heterocycles. The van der Waals surface area contributed by atoms with Gasteiger partial charge in [0.25, 0.3) is 0 Å². The molecule has 0 radical (unpaired) electrons. The first-order chi connectivity index (χ1) is 11.6. The van der Waals surface area contributed by atoms with Crippen LogP contribution in [0.2, 0.25) is 0 Å². The van der Waals surface area contributed by atoms with Gasteiger partial charge in [-0.2, -0.15) is 0 Å². The number of nitrogens with one attached hydrogen (secondary N) is 1. The van der Waals surface area contributed by atoms with E-state index in [2.05, 4.69) is 18.3 Å². The fourth-order valence-corrected chi connectivity index (χ4v) is 3.33. The number of hydrogen-bond acceptors (Lipinski definition) is 3. The van der Waals surface area contributed by atoms with Gasteiger partial charge >= 0.3 is 5.97 Å². The van der Waals surface area contributed by atoms with Crippen molar-refractivity contribution >= 4 is 16.9 Å². The van der Waals surface area contributed by atoms with Crippen LogP contribution >= 0.6 is 0 Å². The van der Waals surface area contributed by atoms with Crippen LogP contribution < -0.4 is 10.7 Å². The Bertz CT molecular complexity index is 1040. The summed E-state index contributed by atoms with van der Waals surface area (Å²) >= 11 is 0. The molecule has 5 nitrogen and oxygen atoms in total. The topological polar surface area (TPSA) is 71.3 Å². The number of aromatic carboxylic acids is 1. The number of benzene rings is 2. The lowest BCUT2D eigenvalue weighted by Gasteiger charge is -2.14. The number of aromatic nitrogens is 1. The highest BCUT2D eigenvalue weighted by Crippen LogP contribution is 2.28. The maximum atomic E-state index is 12.4. The molecule has 3 aromatic rings. The van der Waals surface area contributed by atoms with Gasteiger partial charge in [-0.05, 0) is 42.3 Å². The highest BCUT2D eigenvalue weighted by atomic mass is 16.4. The zero-order chi connectivity index (χ0) is 16.8. The summed E-state index contributed by atoms with van der Waals surface area (Å²) in [6, 6.07) is 13.5. The number of carboxylic acid groups (broad SMARTS) is 1. The largest absolute Gasteiger partial charge is 0.477 e. The van der Waals surface area contributed by atoms with Crippen LogP contribution in [-0.4, -0.2) is 15.6 Å². The van der Waals surface area contributed by atoms with Crippen molar-refractivity contribution in [3.05, 3.63) is 75.6 Å². The van der Waals surface area contributed by atoms with Crippen molar-refractivity contribution in [3.63, 3.8) is 0 Å². The van der Waals surface area contributed by atoms with Crippen LogP contribution in [0.25, 0.3) is 16.6 Å². The number of hydrogen-bond donors (Lipinski definition) is 2. The van der Waals surface area contributed by atoms with Crippen molar-refractivity contribution < 1.29 is 9.90 Å². The van der Waals surface area contributed by atoms with E-state index in [1.165, 1.54) is 17.3 Å². The van der Waals surface area contributed by atoms with Crippen LogP contribution in [0.5, 0.6) is 0 Å². The molecule has 0 aliphatic carbocycles. The van der Waals surface area contributed by atoms with E-state index in [0.29, 0.717) is 16.9 Å². The Labute approximate surface area is 138 Å². The molecule has 1 aliphatic rings. The van der Waals surface area contributed by atoms with Gasteiger partial charge in [0.05, 0.1) is 5.52 Å². The van der Waals surface area contributed by atoms with Gasteiger partial charge < -0.3 is 15.0 Å². The van der Waals surface area contributed by atoms with Crippen LogP contribution in [0.3, 0.4) is 0 Å². The van der Waals surface area contributed by atoms with Crippen LogP contribution in [0, 0.1) is 0 Å². The molecule has 0 fully saturated rings. The Hall–Kier alpha value is -2.92. The zero-order valence-electron chi connectivity index (χ0n) is 13.1. The molecular formula is C19H16N2O3. The van der Waals surface area contributed by atoms with E-state index in [1.54, 1.807) is 16.7 Å². The SMILES string of the molecule is CC1NCc2cc(-n3cc(C(=O)O)c(=O)c4ccccc43)ccc21. The van der Waals surface area contributed by atoms with Gasteiger partial charge in [-0.3, -0.25) is 4.79 Å². The van der Waals surface area contributed by atoms with Gasteiger partial charge in [-0.25, -0.2) is 4.79 Å². The van der Waals surface area contributed by atoms with Gasteiger partial charge in [0.1, 0.15) is 5.56 Å². The zero-order valence-corrected chi connectivity index (χ0v) is 13.1. The molecule has 0 spiro atoms. The van der Waals surface area contributed by atoms with Crippen molar-refractivity contribution in [2.24, 2.45) is 0 Å². The van der Waals surface area contributed by atoms with E-state index in [9.17, 15) is 14.7 Å². The minimum Gasteiger partial charge on any atom is -0.477 e. The second-order valence-electron chi connectivity index (χ2n) is 6.05. The van der Waals surface area contributed by atoms with Crippen LogP contribution in [0.4, 0.5) is 0 Å². The predicted octanol–water partition coefficient (Wildman–Crippen LogP) is 2.85. The second kappa shape index (κ2) is 5.32. The Morgan fingerprint density at radius 3 is 2.83 bits per heavy atom. The normalized spacial score (nSPS) is 16.3. The van der Waals surface area contributed by atoms with E-state index < -0.39 is 11.4 Å². The van der Waals surface area contributed by atoms with Gasteiger partial charge in [-0.15, -0.1) is 0 Å². The molecule has 1 atom stereocenters. The predicted molar refractivity (Wildman–Crippen MR) is 91.8 cm³/mol. The lowest BCUT2D eigenvalue weighted by Crippen LogP contribution is -2.18. The van der Waals surface area contributed by atoms with Gasteiger partial charge in [0.2, 0.25) is 5.43 Å². The van der Waals surface area contributed by atoms with Gasteiger partial charge in [0, 0.05) is 29.9 Å². The Morgan fingerprint density at radius 2 is 2.04 bits per heavy atom. The summed E-state index contributed by atoms with van der Waals surface area (Å²) < 4.78 is 1.78. The van der Waals surface area contributed by atoms with E-state index in [-0.39, 0.29) is 5.56 Å². The molecule has 2 aromatic carbocycles. The number of carboxylic acids is 1. The highest BCUT2D eigenvalue weighted by Gasteiger charge is 2.19. The molecule has 1 aliphatic heterocycles. The molecule has 2 N–H and O–H groups in total. The highest BCUT2D eigenvalue weighted by molar-refractivity contribution is 5.93. The third-order valence-electron chi connectivity index (χ3n) is 4.61. The molecule has 0 bridgehead atoms. The Morgan fingerprint density at radius 1 is 1.25 bits per heavy atom. The summed E-state index contributed by atoms with van der Waals surface area (Å²) in [7, 11) is 0. The first-order valence-corrected chi connectivity index (χ1v) is 7.80. The quantitative estimate of drug-likeness (QED) is 0.761. The maximum absolute atomic E-state index is 12.4. The number of para-hydroxylation sites is 1. The average molecular weight is 320 g/mol. The van der Waals surface area contributed by atoms with Crippen LogP contribution in [-0.2, 0) is 6.54 Å². The number of nitrogens with zero attached hydrogens (tertiary/aromatic N) is 1.